The molecule has 1 aliphatic carbocycles. The summed E-state index contributed by atoms with van der Waals surface area (Å²) < 4.78 is 0.610. The Bertz CT molecular complexity index is 700. The average molecular weight is 409 g/mol. The molecule has 0 saturated carbocycles. The molecule has 0 unspecified atom stereocenters. The number of ketones is 1. The Morgan fingerprint density at radius 2 is 1.86 bits per heavy atom. The molecule has 4 nitrogen and oxygen atoms in total. The van der Waals surface area contributed by atoms with Crippen LogP contribution >= 0.6 is 22.6 Å². The molecule has 5 heteroatoms. The Morgan fingerprint density at radius 3 is 2.45 bits per heavy atom. The van der Waals surface area contributed by atoms with Gasteiger partial charge in [0.25, 0.3) is 0 Å². The zero-order chi connectivity index (χ0) is 16.3. The van der Waals surface area contributed by atoms with Gasteiger partial charge in [0, 0.05) is 5.57 Å². The maximum atomic E-state index is 12.2. The monoisotopic (exact) mass is 409 g/mol. The van der Waals surface area contributed by atoms with Crippen LogP contribution in [0.1, 0.15) is 31.1 Å². The van der Waals surface area contributed by atoms with Gasteiger partial charge >= 0.3 is 5.97 Å². The summed E-state index contributed by atoms with van der Waals surface area (Å²) in [5.41, 5.74) is 2.33. The summed E-state index contributed by atoms with van der Waals surface area (Å²) in [6.07, 6.45) is 1.70. The average Bonchev–Trinajstić information content (AvgIpc) is 2.52. The standard InChI is InChI=1S/C17H16INO3/c1-10(2)13-9-14(11(3)15(18)16(13)20)19-22-17(21)12-7-5-4-6-8-12/h4-10H,1-3H3/b19-14+. The van der Waals surface area contributed by atoms with E-state index >= 15 is 0 Å². The summed E-state index contributed by atoms with van der Waals surface area (Å²) in [5, 5.41) is 3.93. The van der Waals surface area contributed by atoms with E-state index in [2.05, 4.69) is 5.16 Å². The number of nitrogens with zero attached hydrogens (tertiary/aromatic N) is 1. The van der Waals surface area contributed by atoms with E-state index in [1.807, 2.05) is 42.5 Å². The van der Waals surface area contributed by atoms with E-state index in [1.165, 1.54) is 0 Å². The van der Waals surface area contributed by atoms with Crippen LogP contribution in [0.2, 0.25) is 0 Å². The molecule has 0 aliphatic heterocycles. The molecule has 0 saturated heterocycles. The minimum absolute atomic E-state index is 0.0152. The summed E-state index contributed by atoms with van der Waals surface area (Å²) in [4.78, 5) is 29.1. The maximum absolute atomic E-state index is 12.2. The van der Waals surface area contributed by atoms with Crippen molar-refractivity contribution in [3.63, 3.8) is 0 Å². The second-order valence-electron chi connectivity index (χ2n) is 5.24. The Balaban J connectivity index is 2.26. The summed E-state index contributed by atoms with van der Waals surface area (Å²) in [5.74, 6) is -0.422. The van der Waals surface area contributed by atoms with E-state index in [1.54, 1.807) is 37.3 Å². The molecule has 1 aliphatic rings. The second kappa shape index (κ2) is 7.00. The molecule has 0 fully saturated rings. The molecule has 0 N–H and O–H groups in total. The van der Waals surface area contributed by atoms with Crippen LogP contribution in [-0.2, 0) is 9.63 Å². The number of oxime groups is 1. The van der Waals surface area contributed by atoms with Gasteiger partial charge in [0.15, 0.2) is 5.78 Å². The topological polar surface area (TPSA) is 55.7 Å². The van der Waals surface area contributed by atoms with Gasteiger partial charge in [-0.2, -0.15) is 0 Å². The predicted molar refractivity (Wildman–Crippen MR) is 93.9 cm³/mol. The molecule has 0 aromatic heterocycles. The van der Waals surface area contributed by atoms with Crippen molar-refractivity contribution < 1.29 is 14.4 Å². The molecule has 2 rings (SSSR count). The van der Waals surface area contributed by atoms with Crippen LogP contribution < -0.4 is 0 Å². The first-order valence-electron chi connectivity index (χ1n) is 6.89. The third-order valence-corrected chi connectivity index (χ3v) is 4.62. The van der Waals surface area contributed by atoms with Gasteiger partial charge < -0.3 is 4.84 Å². The zero-order valence-corrected chi connectivity index (χ0v) is 14.7. The van der Waals surface area contributed by atoms with Gasteiger partial charge in [-0.3, -0.25) is 4.79 Å². The largest absolute Gasteiger partial charge is 0.365 e. The number of halogens is 1. The van der Waals surface area contributed by atoms with Gasteiger partial charge in [0.2, 0.25) is 0 Å². The fraction of sp³-hybridized carbons (Fsp3) is 0.235. The van der Waals surface area contributed by atoms with Gasteiger partial charge in [-0.05, 0) is 59.2 Å². The van der Waals surface area contributed by atoms with Gasteiger partial charge in [-0.1, -0.05) is 37.2 Å². The molecule has 0 heterocycles. The lowest BCUT2D eigenvalue weighted by Gasteiger charge is -2.17. The first-order valence-corrected chi connectivity index (χ1v) is 7.97. The van der Waals surface area contributed by atoms with Crippen molar-refractivity contribution in [3.05, 3.63) is 56.7 Å². The lowest BCUT2D eigenvalue weighted by Crippen LogP contribution is -2.19. The molecule has 114 valence electrons. The Morgan fingerprint density at radius 1 is 1.23 bits per heavy atom. The highest BCUT2D eigenvalue weighted by Crippen LogP contribution is 2.28. The lowest BCUT2D eigenvalue weighted by atomic mass is 9.90. The molecule has 0 atom stereocenters. The first-order chi connectivity index (χ1) is 10.4. The number of benzene rings is 1. The van der Waals surface area contributed by atoms with Crippen molar-refractivity contribution in [1.29, 1.82) is 0 Å². The normalized spacial score (nSPS) is 17.0. The first kappa shape index (κ1) is 16.6. The molecule has 1 aromatic carbocycles. The summed E-state index contributed by atoms with van der Waals surface area (Å²) in [6, 6.07) is 8.66. The maximum Gasteiger partial charge on any atom is 0.365 e. The SMILES string of the molecule is CC1=C(I)C(=O)C(C(C)C)=C/C1=N\OC(=O)c1ccccc1. The van der Waals surface area contributed by atoms with Crippen molar-refractivity contribution in [1.82, 2.24) is 0 Å². The minimum Gasteiger partial charge on any atom is -0.312 e. The van der Waals surface area contributed by atoms with Crippen molar-refractivity contribution in [2.75, 3.05) is 0 Å². The molecule has 0 bridgehead atoms. The van der Waals surface area contributed by atoms with Crippen LogP contribution in [0, 0.1) is 5.92 Å². The third kappa shape index (κ3) is 3.52. The Kier molecular flexibility index (Phi) is 5.28. The number of carbonyl (C=O) groups is 2. The van der Waals surface area contributed by atoms with E-state index in [0.717, 1.165) is 5.57 Å². The minimum atomic E-state index is -0.521. The molecular weight excluding hydrogens is 393 g/mol. The van der Waals surface area contributed by atoms with E-state index in [4.69, 9.17) is 4.84 Å². The van der Waals surface area contributed by atoms with Crippen LogP contribution in [-0.4, -0.2) is 17.5 Å². The second-order valence-corrected chi connectivity index (χ2v) is 6.32. The Hall–Kier alpha value is -1.76. The number of allylic oxidation sites excluding steroid dienone is 4. The highest BCUT2D eigenvalue weighted by atomic mass is 127. The van der Waals surface area contributed by atoms with Gasteiger partial charge in [0.1, 0.15) is 5.71 Å². The molecule has 22 heavy (non-hydrogen) atoms. The van der Waals surface area contributed by atoms with E-state index < -0.39 is 5.97 Å². The van der Waals surface area contributed by atoms with Gasteiger partial charge in [-0.15, -0.1) is 0 Å². The number of Topliss-reactive ketones (excluding diaryl/α,β-unsaturated/α-hetero) is 1. The van der Waals surface area contributed by atoms with Crippen molar-refractivity contribution in [2.24, 2.45) is 11.1 Å². The number of carbonyl (C=O) groups excluding carboxylic acids is 2. The van der Waals surface area contributed by atoms with Crippen LogP contribution in [0.4, 0.5) is 0 Å². The summed E-state index contributed by atoms with van der Waals surface area (Å²) in [7, 11) is 0. The number of hydrogen-bond donors (Lipinski definition) is 0. The fourth-order valence-corrected chi connectivity index (χ4v) is 2.56. The zero-order valence-electron chi connectivity index (χ0n) is 12.6. The fourth-order valence-electron chi connectivity index (χ4n) is 1.97. The van der Waals surface area contributed by atoms with E-state index in [0.29, 0.717) is 20.4 Å². The Labute approximate surface area is 143 Å². The lowest BCUT2D eigenvalue weighted by molar-refractivity contribution is -0.111. The smallest absolute Gasteiger partial charge is 0.312 e. The van der Waals surface area contributed by atoms with Gasteiger partial charge in [0.05, 0.1) is 9.14 Å². The molecular formula is C17H16INO3. The van der Waals surface area contributed by atoms with Crippen LogP contribution in [0.5, 0.6) is 0 Å². The van der Waals surface area contributed by atoms with Crippen LogP contribution in [0.3, 0.4) is 0 Å². The quantitative estimate of drug-likeness (QED) is 0.327. The molecule has 0 spiro atoms. The van der Waals surface area contributed by atoms with Gasteiger partial charge in [-0.25, -0.2) is 4.79 Å². The molecule has 0 radical (unpaired) electrons. The van der Waals surface area contributed by atoms with E-state index in [9.17, 15) is 9.59 Å². The number of hydrogen-bond acceptors (Lipinski definition) is 4. The summed E-state index contributed by atoms with van der Waals surface area (Å²) in [6.45, 7) is 5.69. The highest BCUT2D eigenvalue weighted by Gasteiger charge is 2.25. The van der Waals surface area contributed by atoms with Crippen LogP contribution in [0.15, 0.2) is 56.3 Å². The van der Waals surface area contributed by atoms with Crippen LogP contribution in [0.25, 0.3) is 0 Å². The van der Waals surface area contributed by atoms with Crippen molar-refractivity contribution >= 4 is 40.1 Å². The van der Waals surface area contributed by atoms with E-state index in [-0.39, 0.29) is 11.7 Å². The molecule has 1 aromatic rings. The molecule has 0 amide bonds. The number of rotatable bonds is 3. The predicted octanol–water partition coefficient (Wildman–Crippen LogP) is 4.07. The van der Waals surface area contributed by atoms with Crippen molar-refractivity contribution in [2.45, 2.75) is 20.8 Å². The summed E-state index contributed by atoms with van der Waals surface area (Å²) >= 11 is 2.01. The third-order valence-electron chi connectivity index (χ3n) is 3.33. The highest BCUT2D eigenvalue weighted by molar-refractivity contribution is 14.1. The van der Waals surface area contributed by atoms with Crippen molar-refractivity contribution in [3.8, 4) is 0 Å².